The van der Waals surface area contributed by atoms with Crippen molar-refractivity contribution < 1.29 is 14.3 Å². The number of pyridine rings is 1. The van der Waals surface area contributed by atoms with Crippen LogP contribution < -0.4 is 25.0 Å². The molecule has 0 spiro atoms. The fourth-order valence-corrected chi connectivity index (χ4v) is 2.21. The predicted octanol–water partition coefficient (Wildman–Crippen LogP) is 2.16. The molecule has 0 bridgehead atoms. The standard InChI is InChI=1S/C18H24N4O3/c1-22(2)17-9-13(5-6-19-17)11-20-18(23)21-12-14-7-15(24-3)10-16(8-14)25-4/h5-10H,11-12H2,1-4H3,(H2,20,21,23). The van der Waals surface area contributed by atoms with Crippen LogP contribution in [0.25, 0.3) is 0 Å². The average molecular weight is 344 g/mol. The smallest absolute Gasteiger partial charge is 0.315 e. The van der Waals surface area contributed by atoms with Crippen molar-refractivity contribution in [3.8, 4) is 11.5 Å². The van der Waals surface area contributed by atoms with E-state index in [1.807, 2.05) is 43.3 Å². The van der Waals surface area contributed by atoms with E-state index >= 15 is 0 Å². The number of nitrogens with one attached hydrogen (secondary N) is 2. The summed E-state index contributed by atoms with van der Waals surface area (Å²) in [6, 6.07) is 9.07. The number of amides is 2. The molecule has 0 fully saturated rings. The summed E-state index contributed by atoms with van der Waals surface area (Å²) in [5.41, 5.74) is 1.88. The van der Waals surface area contributed by atoms with Crippen LogP contribution in [-0.4, -0.2) is 39.3 Å². The molecule has 0 aliphatic heterocycles. The molecule has 0 saturated heterocycles. The minimum atomic E-state index is -0.245. The molecule has 0 aliphatic carbocycles. The van der Waals surface area contributed by atoms with E-state index in [1.165, 1.54) is 0 Å². The number of carbonyl (C=O) groups is 1. The Kier molecular flexibility index (Phi) is 6.45. The van der Waals surface area contributed by atoms with E-state index in [2.05, 4.69) is 15.6 Å². The second-order valence-electron chi connectivity index (χ2n) is 5.67. The van der Waals surface area contributed by atoms with Gasteiger partial charge in [-0.1, -0.05) is 0 Å². The van der Waals surface area contributed by atoms with Gasteiger partial charge >= 0.3 is 6.03 Å². The van der Waals surface area contributed by atoms with Crippen molar-refractivity contribution >= 4 is 11.8 Å². The highest BCUT2D eigenvalue weighted by atomic mass is 16.5. The lowest BCUT2D eigenvalue weighted by Crippen LogP contribution is -2.34. The molecule has 2 N–H and O–H groups in total. The summed E-state index contributed by atoms with van der Waals surface area (Å²) in [5.74, 6) is 2.22. The first-order valence-electron chi connectivity index (χ1n) is 7.87. The largest absolute Gasteiger partial charge is 0.497 e. The quantitative estimate of drug-likeness (QED) is 0.805. The highest BCUT2D eigenvalue weighted by Gasteiger charge is 2.05. The summed E-state index contributed by atoms with van der Waals surface area (Å²) < 4.78 is 10.4. The van der Waals surface area contributed by atoms with Gasteiger partial charge in [-0.25, -0.2) is 9.78 Å². The molecule has 0 atom stereocenters. The Labute approximate surface area is 148 Å². The molecule has 134 valence electrons. The second kappa shape index (κ2) is 8.77. The summed E-state index contributed by atoms with van der Waals surface area (Å²) in [4.78, 5) is 18.2. The first kappa shape index (κ1) is 18.4. The van der Waals surface area contributed by atoms with Gasteiger partial charge in [0.2, 0.25) is 0 Å². The molecule has 1 aromatic carbocycles. The van der Waals surface area contributed by atoms with E-state index in [1.54, 1.807) is 26.5 Å². The Balaban J connectivity index is 1.88. The minimum Gasteiger partial charge on any atom is -0.497 e. The molecular weight excluding hydrogens is 320 g/mol. The predicted molar refractivity (Wildman–Crippen MR) is 97.2 cm³/mol. The van der Waals surface area contributed by atoms with E-state index in [-0.39, 0.29) is 6.03 Å². The lowest BCUT2D eigenvalue weighted by Gasteiger charge is -2.13. The van der Waals surface area contributed by atoms with Crippen LogP contribution in [-0.2, 0) is 13.1 Å². The van der Waals surface area contributed by atoms with Gasteiger partial charge in [0.1, 0.15) is 17.3 Å². The Bertz CT molecular complexity index is 697. The number of rotatable bonds is 7. The maximum absolute atomic E-state index is 12.0. The molecule has 2 aromatic rings. The van der Waals surface area contributed by atoms with Crippen molar-refractivity contribution in [2.75, 3.05) is 33.2 Å². The summed E-state index contributed by atoms with van der Waals surface area (Å²) in [6.45, 7) is 0.801. The van der Waals surface area contributed by atoms with Crippen LogP contribution in [0.3, 0.4) is 0 Å². The molecular formula is C18H24N4O3. The van der Waals surface area contributed by atoms with E-state index < -0.39 is 0 Å². The van der Waals surface area contributed by atoms with E-state index in [0.717, 1.165) is 16.9 Å². The molecule has 2 rings (SSSR count). The van der Waals surface area contributed by atoms with Crippen LogP contribution in [0.2, 0.25) is 0 Å². The van der Waals surface area contributed by atoms with Crippen molar-refractivity contribution in [2.24, 2.45) is 0 Å². The molecule has 7 heteroatoms. The monoisotopic (exact) mass is 344 g/mol. The van der Waals surface area contributed by atoms with Crippen LogP contribution in [0.4, 0.5) is 10.6 Å². The van der Waals surface area contributed by atoms with Crippen molar-refractivity contribution in [2.45, 2.75) is 13.1 Å². The molecule has 0 aliphatic rings. The summed E-state index contributed by atoms with van der Waals surface area (Å²) in [6.07, 6.45) is 1.73. The Hall–Kier alpha value is -2.96. The van der Waals surface area contributed by atoms with Gasteiger partial charge in [0, 0.05) is 39.4 Å². The van der Waals surface area contributed by atoms with Crippen molar-refractivity contribution in [3.63, 3.8) is 0 Å². The van der Waals surface area contributed by atoms with Gasteiger partial charge in [0.05, 0.1) is 14.2 Å². The topological polar surface area (TPSA) is 75.7 Å². The van der Waals surface area contributed by atoms with Gasteiger partial charge in [-0.2, -0.15) is 0 Å². The zero-order valence-corrected chi connectivity index (χ0v) is 15.0. The molecule has 1 aromatic heterocycles. The van der Waals surface area contributed by atoms with Crippen LogP contribution in [0, 0.1) is 0 Å². The van der Waals surface area contributed by atoms with Crippen LogP contribution in [0.5, 0.6) is 11.5 Å². The maximum Gasteiger partial charge on any atom is 0.315 e. The molecule has 7 nitrogen and oxygen atoms in total. The average Bonchev–Trinajstić information content (AvgIpc) is 2.64. The third kappa shape index (κ3) is 5.56. The third-order valence-electron chi connectivity index (χ3n) is 3.59. The van der Waals surface area contributed by atoms with Gasteiger partial charge < -0.3 is 25.0 Å². The normalized spacial score (nSPS) is 10.1. The third-order valence-corrected chi connectivity index (χ3v) is 3.59. The van der Waals surface area contributed by atoms with Crippen LogP contribution >= 0.6 is 0 Å². The van der Waals surface area contributed by atoms with Gasteiger partial charge in [-0.05, 0) is 35.4 Å². The fourth-order valence-electron chi connectivity index (χ4n) is 2.21. The summed E-state index contributed by atoms with van der Waals surface area (Å²) in [5, 5.41) is 5.66. The Morgan fingerprint density at radius 1 is 1.00 bits per heavy atom. The lowest BCUT2D eigenvalue weighted by molar-refractivity contribution is 0.240. The van der Waals surface area contributed by atoms with E-state index in [9.17, 15) is 4.79 Å². The Morgan fingerprint density at radius 2 is 1.60 bits per heavy atom. The number of aromatic nitrogens is 1. The molecule has 0 radical (unpaired) electrons. The number of anilines is 1. The first-order chi connectivity index (χ1) is 12.0. The van der Waals surface area contributed by atoms with Crippen molar-refractivity contribution in [1.29, 1.82) is 0 Å². The van der Waals surface area contributed by atoms with Crippen LogP contribution in [0.1, 0.15) is 11.1 Å². The zero-order valence-electron chi connectivity index (χ0n) is 15.0. The van der Waals surface area contributed by atoms with Gasteiger partial charge in [0.15, 0.2) is 0 Å². The molecule has 1 heterocycles. The fraction of sp³-hybridized carbons (Fsp3) is 0.333. The zero-order chi connectivity index (χ0) is 18.2. The van der Waals surface area contributed by atoms with Gasteiger partial charge in [-0.3, -0.25) is 0 Å². The summed E-state index contributed by atoms with van der Waals surface area (Å²) >= 11 is 0. The number of methoxy groups -OCH3 is 2. The number of hydrogen-bond acceptors (Lipinski definition) is 5. The molecule has 25 heavy (non-hydrogen) atoms. The molecule has 0 unspecified atom stereocenters. The molecule has 2 amide bonds. The number of carbonyl (C=O) groups excluding carboxylic acids is 1. The van der Waals surface area contributed by atoms with E-state index in [4.69, 9.17) is 9.47 Å². The van der Waals surface area contributed by atoms with Crippen molar-refractivity contribution in [3.05, 3.63) is 47.7 Å². The van der Waals surface area contributed by atoms with E-state index in [0.29, 0.717) is 24.6 Å². The maximum atomic E-state index is 12.0. The van der Waals surface area contributed by atoms with Gasteiger partial charge in [0.25, 0.3) is 0 Å². The lowest BCUT2D eigenvalue weighted by atomic mass is 10.2. The van der Waals surface area contributed by atoms with Gasteiger partial charge in [-0.15, -0.1) is 0 Å². The number of urea groups is 1. The van der Waals surface area contributed by atoms with Crippen molar-refractivity contribution in [1.82, 2.24) is 15.6 Å². The number of benzene rings is 1. The second-order valence-corrected chi connectivity index (χ2v) is 5.67. The highest BCUT2D eigenvalue weighted by molar-refractivity contribution is 5.73. The Morgan fingerprint density at radius 3 is 2.16 bits per heavy atom. The summed E-state index contributed by atoms with van der Waals surface area (Å²) in [7, 11) is 7.04. The minimum absolute atomic E-state index is 0.245. The highest BCUT2D eigenvalue weighted by Crippen LogP contribution is 2.22. The number of hydrogen-bond donors (Lipinski definition) is 2. The molecule has 0 saturated carbocycles. The number of nitrogens with zero attached hydrogens (tertiary/aromatic N) is 2. The SMILES string of the molecule is COc1cc(CNC(=O)NCc2ccnc(N(C)C)c2)cc(OC)c1. The number of ether oxygens (including phenoxy) is 2. The first-order valence-corrected chi connectivity index (χ1v) is 7.87. The van der Waals surface area contributed by atoms with Crippen LogP contribution in [0.15, 0.2) is 36.5 Å².